The van der Waals surface area contributed by atoms with Gasteiger partial charge in [0, 0.05) is 53.1 Å². The summed E-state index contributed by atoms with van der Waals surface area (Å²) in [5, 5.41) is 9.64. The van der Waals surface area contributed by atoms with Crippen LogP contribution in [0.1, 0.15) is 0 Å². The fourth-order valence-corrected chi connectivity index (χ4v) is 9.23. The molecule has 0 aliphatic carbocycles. The SMILES string of the molecule is c1cc(-c2cccc3oc4c5ccccc5ccc4c23)cc(N(c2ccc(-c3ccc4sc5ccccc5c4c3)cc2)c2cccc3ccccc23)c1. The van der Waals surface area contributed by atoms with Crippen LogP contribution in [0.5, 0.6) is 0 Å². The molecule has 3 heteroatoms. The number of hydrogen-bond donors (Lipinski definition) is 0. The van der Waals surface area contributed by atoms with Crippen LogP contribution in [0.4, 0.5) is 17.1 Å². The van der Waals surface area contributed by atoms with Crippen LogP contribution in [0.25, 0.3) is 85.9 Å². The first-order valence-corrected chi connectivity index (χ1v) is 18.8. The average molecular weight is 694 g/mol. The molecule has 2 nitrogen and oxygen atoms in total. The van der Waals surface area contributed by atoms with Crippen LogP contribution in [0.3, 0.4) is 0 Å². The highest BCUT2D eigenvalue weighted by molar-refractivity contribution is 7.25. The second-order valence-corrected chi connectivity index (χ2v) is 14.8. The van der Waals surface area contributed by atoms with Gasteiger partial charge in [-0.05, 0) is 93.7 Å². The molecule has 9 aromatic carbocycles. The summed E-state index contributed by atoms with van der Waals surface area (Å²) in [6.07, 6.45) is 0. The van der Waals surface area contributed by atoms with Crippen molar-refractivity contribution in [2.45, 2.75) is 0 Å². The number of anilines is 3. The summed E-state index contributed by atoms with van der Waals surface area (Å²) in [5.74, 6) is 0. The highest BCUT2D eigenvalue weighted by Crippen LogP contribution is 2.44. The van der Waals surface area contributed by atoms with E-state index in [1.165, 1.54) is 47.5 Å². The molecule has 0 saturated carbocycles. The van der Waals surface area contributed by atoms with E-state index in [4.69, 9.17) is 4.42 Å². The van der Waals surface area contributed by atoms with Crippen LogP contribution in [-0.4, -0.2) is 0 Å². The van der Waals surface area contributed by atoms with Gasteiger partial charge in [0.05, 0.1) is 5.69 Å². The molecule has 2 heterocycles. The van der Waals surface area contributed by atoms with Gasteiger partial charge in [-0.1, -0.05) is 127 Å². The van der Waals surface area contributed by atoms with Crippen LogP contribution in [0, 0.1) is 0 Å². The van der Waals surface area contributed by atoms with E-state index < -0.39 is 0 Å². The minimum atomic E-state index is 0.898. The predicted molar refractivity (Wildman–Crippen MR) is 227 cm³/mol. The standard InChI is InChI=1S/C50H31NOS/c1-3-15-39-33(10-1)12-8-19-45(39)51(37-26-22-32(23-27-37)35-25-29-48-44(31-35)42-17-5-6-21-47(42)53-48)38-14-7-13-36(30-38)40-18-9-20-46-49(40)43-28-24-34-11-2-4-16-41(34)50(43)52-46/h1-31H. The van der Waals surface area contributed by atoms with Crippen molar-refractivity contribution in [2.24, 2.45) is 0 Å². The van der Waals surface area contributed by atoms with Gasteiger partial charge in [0.1, 0.15) is 11.2 Å². The first-order valence-electron chi connectivity index (χ1n) is 18.0. The van der Waals surface area contributed by atoms with Gasteiger partial charge in [0.2, 0.25) is 0 Å². The Morgan fingerprint density at radius 3 is 1.98 bits per heavy atom. The van der Waals surface area contributed by atoms with Gasteiger partial charge < -0.3 is 9.32 Å². The third-order valence-corrected chi connectivity index (χ3v) is 11.8. The summed E-state index contributed by atoms with van der Waals surface area (Å²) < 4.78 is 9.22. The van der Waals surface area contributed by atoms with Crippen molar-refractivity contribution in [3.05, 3.63) is 188 Å². The third kappa shape index (κ3) is 4.86. The molecule has 0 unspecified atom stereocenters. The second kappa shape index (κ2) is 11.9. The molecule has 0 saturated heterocycles. The van der Waals surface area contributed by atoms with Crippen molar-refractivity contribution < 1.29 is 4.42 Å². The van der Waals surface area contributed by atoms with Gasteiger partial charge in [-0.3, -0.25) is 0 Å². The molecule has 0 aliphatic heterocycles. The smallest absolute Gasteiger partial charge is 0.143 e. The molecular formula is C50H31NOS. The van der Waals surface area contributed by atoms with Crippen LogP contribution in [0.2, 0.25) is 0 Å². The first-order chi connectivity index (χ1) is 26.3. The second-order valence-electron chi connectivity index (χ2n) is 13.7. The van der Waals surface area contributed by atoms with E-state index in [9.17, 15) is 0 Å². The summed E-state index contributed by atoms with van der Waals surface area (Å²) in [6, 6.07) is 68.0. The molecule has 0 atom stereocenters. The van der Waals surface area contributed by atoms with Gasteiger partial charge in [-0.2, -0.15) is 0 Å². The number of nitrogens with zero attached hydrogens (tertiary/aromatic N) is 1. The summed E-state index contributed by atoms with van der Waals surface area (Å²) in [5.41, 5.74) is 9.88. The maximum Gasteiger partial charge on any atom is 0.143 e. The fourth-order valence-electron chi connectivity index (χ4n) is 8.15. The van der Waals surface area contributed by atoms with Gasteiger partial charge in [-0.15, -0.1) is 11.3 Å². The highest BCUT2D eigenvalue weighted by atomic mass is 32.1. The van der Waals surface area contributed by atoms with E-state index in [-0.39, 0.29) is 0 Å². The van der Waals surface area contributed by atoms with Crippen LogP contribution < -0.4 is 4.90 Å². The summed E-state index contributed by atoms with van der Waals surface area (Å²) in [6.45, 7) is 0. The van der Waals surface area contributed by atoms with E-state index in [1.807, 2.05) is 11.3 Å². The Labute approximate surface area is 310 Å². The average Bonchev–Trinajstić information content (AvgIpc) is 3.80. The molecule has 0 bridgehead atoms. The maximum absolute atomic E-state index is 6.57. The normalized spacial score (nSPS) is 11.8. The Morgan fingerprint density at radius 1 is 0.396 bits per heavy atom. The Hall–Kier alpha value is -6.68. The molecule has 0 spiro atoms. The third-order valence-electron chi connectivity index (χ3n) is 10.6. The van der Waals surface area contributed by atoms with Gasteiger partial charge >= 0.3 is 0 Å². The zero-order valence-electron chi connectivity index (χ0n) is 28.7. The van der Waals surface area contributed by atoms with E-state index in [1.54, 1.807) is 0 Å². The van der Waals surface area contributed by atoms with Crippen molar-refractivity contribution in [1.29, 1.82) is 0 Å². The number of rotatable bonds is 5. The first kappa shape index (κ1) is 30.0. The molecule has 0 amide bonds. The Balaban J connectivity index is 1.06. The van der Waals surface area contributed by atoms with E-state index in [0.29, 0.717) is 0 Å². The van der Waals surface area contributed by atoms with Crippen molar-refractivity contribution in [2.75, 3.05) is 4.90 Å². The van der Waals surface area contributed by atoms with Crippen molar-refractivity contribution >= 4 is 92.1 Å². The lowest BCUT2D eigenvalue weighted by molar-refractivity contribution is 0.673. The Bertz CT molecular complexity index is 3180. The van der Waals surface area contributed by atoms with Crippen LogP contribution in [0.15, 0.2) is 192 Å². The Kier molecular flexibility index (Phi) is 6.76. The predicted octanol–water partition coefficient (Wildman–Crippen LogP) is 15.1. The molecule has 2 aromatic heterocycles. The lowest BCUT2D eigenvalue weighted by atomic mass is 9.97. The Morgan fingerprint density at radius 2 is 1.09 bits per heavy atom. The zero-order valence-corrected chi connectivity index (χ0v) is 29.5. The molecular weight excluding hydrogens is 663 g/mol. The minimum Gasteiger partial charge on any atom is -0.455 e. The van der Waals surface area contributed by atoms with Gasteiger partial charge in [0.15, 0.2) is 0 Å². The summed E-state index contributed by atoms with van der Waals surface area (Å²) in [4.78, 5) is 2.40. The number of thiophene rings is 1. The molecule has 248 valence electrons. The largest absolute Gasteiger partial charge is 0.455 e. The molecule has 53 heavy (non-hydrogen) atoms. The van der Waals surface area contributed by atoms with Gasteiger partial charge in [0.25, 0.3) is 0 Å². The zero-order chi connectivity index (χ0) is 34.9. The van der Waals surface area contributed by atoms with Crippen molar-refractivity contribution in [3.63, 3.8) is 0 Å². The monoisotopic (exact) mass is 693 g/mol. The molecule has 0 radical (unpaired) electrons. The molecule has 11 rings (SSSR count). The topological polar surface area (TPSA) is 16.4 Å². The molecule has 0 N–H and O–H groups in total. The molecule has 0 fully saturated rings. The van der Waals surface area contributed by atoms with E-state index >= 15 is 0 Å². The lowest BCUT2D eigenvalue weighted by Gasteiger charge is -2.27. The quantitative estimate of drug-likeness (QED) is 0.178. The number of benzene rings is 9. The van der Waals surface area contributed by atoms with E-state index in [0.717, 1.165) is 55.5 Å². The summed E-state index contributed by atoms with van der Waals surface area (Å²) in [7, 11) is 0. The fraction of sp³-hybridized carbons (Fsp3) is 0. The number of fused-ring (bicyclic) bond motifs is 9. The van der Waals surface area contributed by atoms with E-state index in [2.05, 4.69) is 193 Å². The molecule has 0 aliphatic rings. The number of hydrogen-bond acceptors (Lipinski definition) is 3. The summed E-state index contributed by atoms with van der Waals surface area (Å²) >= 11 is 1.86. The highest BCUT2D eigenvalue weighted by Gasteiger charge is 2.19. The number of furan rings is 1. The maximum atomic E-state index is 6.57. The molecule has 11 aromatic rings. The van der Waals surface area contributed by atoms with Crippen LogP contribution in [-0.2, 0) is 0 Å². The van der Waals surface area contributed by atoms with Gasteiger partial charge in [-0.25, -0.2) is 0 Å². The van der Waals surface area contributed by atoms with Crippen molar-refractivity contribution in [1.82, 2.24) is 0 Å². The lowest BCUT2D eigenvalue weighted by Crippen LogP contribution is -2.10. The van der Waals surface area contributed by atoms with Crippen LogP contribution >= 0.6 is 11.3 Å². The minimum absolute atomic E-state index is 0.898. The van der Waals surface area contributed by atoms with Crippen molar-refractivity contribution in [3.8, 4) is 22.3 Å².